The topological polar surface area (TPSA) is 29.9 Å². The Labute approximate surface area is 84.7 Å². The van der Waals surface area contributed by atoms with Crippen LogP contribution in [0.4, 0.5) is 13.2 Å². The van der Waals surface area contributed by atoms with Crippen molar-refractivity contribution in [3.63, 3.8) is 0 Å². The van der Waals surface area contributed by atoms with Gasteiger partial charge in [0.1, 0.15) is 0 Å². The third-order valence-electron chi connectivity index (χ3n) is 1.96. The number of fused-ring (bicyclic) bond motifs is 1. The summed E-state index contributed by atoms with van der Waals surface area (Å²) in [6.07, 6.45) is -4.33. The molecule has 0 spiro atoms. The Balaban J connectivity index is 0.000000980. The highest BCUT2D eigenvalue weighted by Crippen LogP contribution is 2.28. The van der Waals surface area contributed by atoms with Gasteiger partial charge in [0, 0.05) is 13.1 Å². The summed E-state index contributed by atoms with van der Waals surface area (Å²) in [5, 5.41) is 6.45. The lowest BCUT2D eigenvalue weighted by molar-refractivity contribution is -0.141. The van der Waals surface area contributed by atoms with Gasteiger partial charge in [-0.2, -0.15) is 18.3 Å². The van der Waals surface area contributed by atoms with Gasteiger partial charge in [-0.15, -0.1) is 12.4 Å². The van der Waals surface area contributed by atoms with Gasteiger partial charge in [0.15, 0.2) is 5.69 Å². The van der Waals surface area contributed by atoms with Crippen molar-refractivity contribution in [3.8, 4) is 0 Å². The fourth-order valence-electron chi connectivity index (χ4n) is 1.33. The van der Waals surface area contributed by atoms with E-state index in [0.717, 1.165) is 6.07 Å². The Kier molecular flexibility index (Phi) is 3.06. The Morgan fingerprint density at radius 3 is 2.71 bits per heavy atom. The van der Waals surface area contributed by atoms with Gasteiger partial charge in [0.2, 0.25) is 0 Å². The predicted octanol–water partition coefficient (Wildman–Crippen LogP) is 1.43. The van der Waals surface area contributed by atoms with E-state index in [0.29, 0.717) is 25.3 Å². The minimum atomic E-state index is -4.33. The summed E-state index contributed by atoms with van der Waals surface area (Å²) >= 11 is 0. The van der Waals surface area contributed by atoms with E-state index < -0.39 is 11.9 Å². The second-order valence-electron chi connectivity index (χ2n) is 2.92. The zero-order chi connectivity index (χ0) is 9.47. The second kappa shape index (κ2) is 3.78. The Hall–Kier alpha value is -0.750. The van der Waals surface area contributed by atoms with Gasteiger partial charge >= 0.3 is 6.18 Å². The van der Waals surface area contributed by atoms with Crippen LogP contribution in [0.5, 0.6) is 0 Å². The first-order valence-corrected chi connectivity index (χ1v) is 3.92. The summed E-state index contributed by atoms with van der Waals surface area (Å²) in [7, 11) is 0. The van der Waals surface area contributed by atoms with Crippen molar-refractivity contribution in [1.82, 2.24) is 15.1 Å². The molecule has 0 atom stereocenters. The Morgan fingerprint density at radius 1 is 1.43 bits per heavy atom. The molecule has 0 radical (unpaired) electrons. The van der Waals surface area contributed by atoms with Crippen LogP contribution in [0.25, 0.3) is 0 Å². The van der Waals surface area contributed by atoms with Gasteiger partial charge in [0.25, 0.3) is 0 Å². The van der Waals surface area contributed by atoms with Crippen molar-refractivity contribution in [2.24, 2.45) is 0 Å². The molecule has 0 saturated carbocycles. The maximum absolute atomic E-state index is 12.2. The highest BCUT2D eigenvalue weighted by Gasteiger charge is 2.35. The molecule has 1 aliphatic heterocycles. The fraction of sp³-hybridized carbons (Fsp3) is 0.571. The molecule has 2 rings (SSSR count). The fourth-order valence-corrected chi connectivity index (χ4v) is 1.33. The normalized spacial score (nSPS) is 15.9. The van der Waals surface area contributed by atoms with Crippen molar-refractivity contribution >= 4 is 12.4 Å². The van der Waals surface area contributed by atoms with Crippen LogP contribution in [-0.4, -0.2) is 16.3 Å². The van der Waals surface area contributed by atoms with Gasteiger partial charge in [-0.3, -0.25) is 4.68 Å². The molecule has 0 amide bonds. The first-order chi connectivity index (χ1) is 6.07. The first-order valence-electron chi connectivity index (χ1n) is 3.92. The van der Waals surface area contributed by atoms with Crippen molar-refractivity contribution in [2.75, 3.05) is 6.54 Å². The molecule has 0 saturated heterocycles. The van der Waals surface area contributed by atoms with Crippen LogP contribution < -0.4 is 5.32 Å². The predicted molar refractivity (Wildman–Crippen MR) is 46.2 cm³/mol. The number of rotatable bonds is 0. The lowest BCUT2D eigenvalue weighted by atomic mass is 10.3. The van der Waals surface area contributed by atoms with Crippen LogP contribution in [0.15, 0.2) is 6.07 Å². The van der Waals surface area contributed by atoms with Gasteiger partial charge in [0.05, 0.1) is 12.2 Å². The lowest BCUT2D eigenvalue weighted by Crippen LogP contribution is -2.28. The molecular formula is C7H9ClF3N3. The molecule has 0 unspecified atom stereocenters. The maximum atomic E-state index is 12.2. The highest BCUT2D eigenvalue weighted by molar-refractivity contribution is 5.85. The lowest BCUT2D eigenvalue weighted by Gasteiger charge is -2.13. The highest BCUT2D eigenvalue weighted by atomic mass is 35.5. The summed E-state index contributed by atoms with van der Waals surface area (Å²) in [5.74, 6) is 0. The molecule has 0 fully saturated rings. The second-order valence-corrected chi connectivity index (χ2v) is 2.92. The number of nitrogens with one attached hydrogen (secondary N) is 1. The Bertz CT molecular complexity index is 297. The van der Waals surface area contributed by atoms with Gasteiger partial charge < -0.3 is 5.32 Å². The van der Waals surface area contributed by atoms with Crippen LogP contribution in [0.1, 0.15) is 11.4 Å². The van der Waals surface area contributed by atoms with E-state index in [9.17, 15) is 13.2 Å². The molecule has 1 aromatic rings. The van der Waals surface area contributed by atoms with Crippen LogP contribution in [0.2, 0.25) is 0 Å². The zero-order valence-electron chi connectivity index (χ0n) is 7.14. The molecule has 80 valence electrons. The Morgan fingerprint density at radius 2 is 2.14 bits per heavy atom. The van der Waals surface area contributed by atoms with Crippen LogP contribution >= 0.6 is 12.4 Å². The van der Waals surface area contributed by atoms with Crippen molar-refractivity contribution < 1.29 is 13.2 Å². The van der Waals surface area contributed by atoms with E-state index in [1.54, 1.807) is 0 Å². The molecule has 0 aliphatic carbocycles. The largest absolute Gasteiger partial charge is 0.435 e. The number of alkyl halides is 3. The molecule has 1 aromatic heterocycles. The van der Waals surface area contributed by atoms with E-state index in [1.807, 2.05) is 0 Å². The molecule has 0 bridgehead atoms. The smallest absolute Gasteiger partial charge is 0.309 e. The van der Waals surface area contributed by atoms with E-state index in [2.05, 4.69) is 10.4 Å². The standard InChI is InChI=1S/C7H8F3N3.ClH/c8-7(9,10)6-3-5-4-11-1-2-13(5)12-6;/h3,11H,1-2,4H2;1H. The maximum Gasteiger partial charge on any atom is 0.435 e. The summed E-state index contributed by atoms with van der Waals surface area (Å²) < 4.78 is 37.9. The van der Waals surface area contributed by atoms with Crippen molar-refractivity contribution in [1.29, 1.82) is 0 Å². The SMILES string of the molecule is Cl.FC(F)(F)c1cc2n(n1)CCNC2. The number of hydrogen-bond donors (Lipinski definition) is 1. The quantitative estimate of drug-likeness (QED) is 0.727. The van der Waals surface area contributed by atoms with Gasteiger partial charge in [-0.25, -0.2) is 0 Å². The molecular weight excluding hydrogens is 219 g/mol. The van der Waals surface area contributed by atoms with Gasteiger partial charge in [-0.1, -0.05) is 0 Å². The summed E-state index contributed by atoms with van der Waals surface area (Å²) in [5.41, 5.74) is -0.204. The number of halogens is 4. The number of hydrogen-bond acceptors (Lipinski definition) is 2. The molecule has 14 heavy (non-hydrogen) atoms. The molecule has 0 aromatic carbocycles. The van der Waals surface area contributed by atoms with Gasteiger partial charge in [-0.05, 0) is 6.07 Å². The van der Waals surface area contributed by atoms with E-state index in [4.69, 9.17) is 0 Å². The van der Waals surface area contributed by atoms with Crippen molar-refractivity contribution in [2.45, 2.75) is 19.3 Å². The minimum Gasteiger partial charge on any atom is -0.309 e. The third kappa shape index (κ3) is 2.01. The first kappa shape index (κ1) is 11.3. The van der Waals surface area contributed by atoms with E-state index in [-0.39, 0.29) is 12.4 Å². The summed E-state index contributed by atoms with van der Waals surface area (Å²) in [6.45, 7) is 1.64. The monoisotopic (exact) mass is 227 g/mol. The average Bonchev–Trinajstić information content (AvgIpc) is 2.45. The minimum absolute atomic E-state index is 0. The molecule has 1 aliphatic rings. The number of nitrogens with zero attached hydrogens (tertiary/aromatic N) is 2. The molecule has 1 N–H and O–H groups in total. The summed E-state index contributed by atoms with van der Waals surface area (Å²) in [6, 6.07) is 1.09. The molecule has 3 nitrogen and oxygen atoms in total. The van der Waals surface area contributed by atoms with Crippen LogP contribution in [0, 0.1) is 0 Å². The van der Waals surface area contributed by atoms with Crippen LogP contribution in [0.3, 0.4) is 0 Å². The van der Waals surface area contributed by atoms with Crippen LogP contribution in [-0.2, 0) is 19.3 Å². The average molecular weight is 228 g/mol. The van der Waals surface area contributed by atoms with E-state index in [1.165, 1.54) is 4.68 Å². The van der Waals surface area contributed by atoms with Crippen molar-refractivity contribution in [3.05, 3.63) is 17.5 Å². The molecule has 2 heterocycles. The molecule has 7 heteroatoms. The van der Waals surface area contributed by atoms with E-state index >= 15 is 0 Å². The zero-order valence-corrected chi connectivity index (χ0v) is 7.95. The third-order valence-corrected chi connectivity index (χ3v) is 1.96. The summed E-state index contributed by atoms with van der Waals surface area (Å²) in [4.78, 5) is 0. The number of aromatic nitrogens is 2.